The number of nitrogens with zero attached hydrogens (tertiary/aromatic N) is 1. The summed E-state index contributed by atoms with van der Waals surface area (Å²) in [6.45, 7) is 4.39. The van der Waals surface area contributed by atoms with Crippen LogP contribution in [0.4, 0.5) is 0 Å². The highest BCUT2D eigenvalue weighted by molar-refractivity contribution is 7.47. The van der Waals surface area contributed by atoms with E-state index in [1.165, 1.54) is 109 Å². The standard InChI is InChI=1S/C55H100NO8P/c1-6-8-10-12-14-16-18-20-22-24-25-26-27-28-29-30-31-32-34-36-38-40-42-44-46-48-55(58)64-53(52-63-65(59,60)62-50-49-56(3,4)5)51-61-54(57)47-45-43-41-39-37-35-33-23-21-19-17-15-13-11-9-7-2/h17-20,23-25,27-28,33,53H,6-16,21-22,26,29-32,34-52H2,1-5H3/p+1/b19-17-,20-18-,25-24-,28-27-,33-23-. The third-order valence-corrected chi connectivity index (χ3v) is 12.3. The van der Waals surface area contributed by atoms with Crippen LogP contribution >= 0.6 is 7.82 Å². The zero-order valence-corrected chi connectivity index (χ0v) is 43.6. The number of allylic oxidation sites excluding steroid dienone is 10. The molecule has 0 saturated heterocycles. The van der Waals surface area contributed by atoms with Crippen LogP contribution in [0.2, 0.25) is 0 Å². The minimum absolute atomic E-state index is 0.0265. The minimum atomic E-state index is -4.39. The molecular weight excluding hydrogens is 834 g/mol. The lowest BCUT2D eigenvalue weighted by Gasteiger charge is -2.24. The average Bonchev–Trinajstić information content (AvgIpc) is 3.26. The molecule has 0 aromatic carbocycles. The van der Waals surface area contributed by atoms with Crippen molar-refractivity contribution in [2.45, 2.75) is 232 Å². The maximum absolute atomic E-state index is 12.8. The number of hydrogen-bond acceptors (Lipinski definition) is 7. The lowest BCUT2D eigenvalue weighted by Crippen LogP contribution is -2.37. The van der Waals surface area contributed by atoms with E-state index in [-0.39, 0.29) is 32.0 Å². The Morgan fingerprint density at radius 2 is 0.831 bits per heavy atom. The van der Waals surface area contributed by atoms with Crippen LogP contribution in [-0.2, 0) is 32.7 Å². The molecular formula is C55H101NO8P+. The van der Waals surface area contributed by atoms with Gasteiger partial charge in [0.1, 0.15) is 19.8 Å². The molecule has 0 aromatic heterocycles. The topological polar surface area (TPSA) is 108 Å². The number of unbranched alkanes of at least 4 members (excludes halogenated alkanes) is 24. The molecule has 1 N–H and O–H groups in total. The molecule has 378 valence electrons. The smallest absolute Gasteiger partial charge is 0.462 e. The Morgan fingerprint density at radius 3 is 1.25 bits per heavy atom. The molecule has 0 aliphatic carbocycles. The zero-order valence-electron chi connectivity index (χ0n) is 42.7. The van der Waals surface area contributed by atoms with Crippen LogP contribution in [0.15, 0.2) is 60.8 Å². The Bertz CT molecular complexity index is 1290. The number of rotatable bonds is 48. The number of hydrogen-bond donors (Lipinski definition) is 1. The van der Waals surface area contributed by atoms with E-state index in [9.17, 15) is 19.0 Å². The van der Waals surface area contributed by atoms with Crippen LogP contribution in [0.5, 0.6) is 0 Å². The summed E-state index contributed by atoms with van der Waals surface area (Å²) in [6, 6.07) is 0. The van der Waals surface area contributed by atoms with Gasteiger partial charge in [-0.25, -0.2) is 4.57 Å². The molecule has 0 rings (SSSR count). The predicted octanol–water partition coefficient (Wildman–Crippen LogP) is 16.0. The van der Waals surface area contributed by atoms with E-state index in [0.29, 0.717) is 17.4 Å². The van der Waals surface area contributed by atoms with Crippen molar-refractivity contribution in [1.29, 1.82) is 0 Å². The summed E-state index contributed by atoms with van der Waals surface area (Å²) in [6.07, 6.45) is 58.4. The molecule has 0 amide bonds. The first-order valence-electron chi connectivity index (χ1n) is 26.5. The Hall–Kier alpha value is -2.29. The molecule has 2 unspecified atom stereocenters. The van der Waals surface area contributed by atoms with E-state index in [2.05, 4.69) is 74.6 Å². The van der Waals surface area contributed by atoms with Crippen molar-refractivity contribution < 1.29 is 42.1 Å². The second kappa shape index (κ2) is 46.8. The molecule has 0 aromatic rings. The number of phosphoric acid groups is 1. The van der Waals surface area contributed by atoms with E-state index in [1.807, 2.05) is 21.1 Å². The van der Waals surface area contributed by atoms with Crippen molar-refractivity contribution in [3.8, 4) is 0 Å². The molecule has 9 nitrogen and oxygen atoms in total. The molecule has 10 heteroatoms. The number of quaternary nitrogens is 1. The molecule has 0 fully saturated rings. The highest BCUT2D eigenvalue weighted by Gasteiger charge is 2.27. The summed E-state index contributed by atoms with van der Waals surface area (Å²) in [5.74, 6) is -0.817. The maximum atomic E-state index is 12.8. The quantitative estimate of drug-likeness (QED) is 0.0211. The van der Waals surface area contributed by atoms with Gasteiger partial charge in [-0.15, -0.1) is 0 Å². The Kier molecular flexibility index (Phi) is 45.2. The van der Waals surface area contributed by atoms with Crippen molar-refractivity contribution in [2.75, 3.05) is 47.5 Å². The fourth-order valence-electron chi connectivity index (χ4n) is 7.11. The van der Waals surface area contributed by atoms with Gasteiger partial charge in [0.2, 0.25) is 0 Å². The predicted molar refractivity (Wildman–Crippen MR) is 275 cm³/mol. The molecule has 65 heavy (non-hydrogen) atoms. The highest BCUT2D eigenvalue weighted by Crippen LogP contribution is 2.43. The lowest BCUT2D eigenvalue weighted by molar-refractivity contribution is -0.870. The van der Waals surface area contributed by atoms with Gasteiger partial charge in [-0.1, -0.05) is 190 Å². The Labute approximate surface area is 400 Å². The SMILES string of the molecule is CCCCCC/C=C\C/C=C\CCCCCCCC(=O)OCC(COP(=O)(O)OCC[N+](C)(C)C)OC(=O)CCCCCCCCCCCC/C=C\C/C=C\C/C=C\CCCCCCC. The summed E-state index contributed by atoms with van der Waals surface area (Å²) >= 11 is 0. The highest BCUT2D eigenvalue weighted by atomic mass is 31.2. The van der Waals surface area contributed by atoms with Crippen LogP contribution in [0, 0.1) is 0 Å². The van der Waals surface area contributed by atoms with Crippen LogP contribution in [0.3, 0.4) is 0 Å². The van der Waals surface area contributed by atoms with Gasteiger partial charge in [0.05, 0.1) is 27.7 Å². The number of ether oxygens (including phenoxy) is 2. The molecule has 0 heterocycles. The molecule has 0 bridgehead atoms. The largest absolute Gasteiger partial charge is 0.472 e. The Balaban J connectivity index is 4.24. The zero-order chi connectivity index (χ0) is 47.8. The number of carbonyl (C=O) groups is 2. The van der Waals surface area contributed by atoms with Crippen molar-refractivity contribution in [1.82, 2.24) is 0 Å². The summed E-state index contributed by atoms with van der Waals surface area (Å²) in [5.41, 5.74) is 0. The van der Waals surface area contributed by atoms with E-state index in [4.69, 9.17) is 18.5 Å². The van der Waals surface area contributed by atoms with Crippen molar-refractivity contribution in [3.05, 3.63) is 60.8 Å². The lowest BCUT2D eigenvalue weighted by atomic mass is 10.0. The van der Waals surface area contributed by atoms with Crippen LogP contribution < -0.4 is 0 Å². The first kappa shape index (κ1) is 62.7. The van der Waals surface area contributed by atoms with Gasteiger partial charge in [0.15, 0.2) is 6.10 Å². The summed E-state index contributed by atoms with van der Waals surface area (Å²) < 4.78 is 34.5. The van der Waals surface area contributed by atoms with Crippen molar-refractivity contribution in [2.24, 2.45) is 0 Å². The first-order chi connectivity index (χ1) is 31.5. The second-order valence-corrected chi connectivity index (χ2v) is 20.4. The fourth-order valence-corrected chi connectivity index (χ4v) is 7.85. The van der Waals surface area contributed by atoms with E-state index in [0.717, 1.165) is 83.5 Å². The normalized spacial score (nSPS) is 13.9. The fraction of sp³-hybridized carbons (Fsp3) is 0.782. The van der Waals surface area contributed by atoms with Gasteiger partial charge in [-0.2, -0.15) is 0 Å². The summed E-state index contributed by atoms with van der Waals surface area (Å²) in [5, 5.41) is 0. The molecule has 0 radical (unpaired) electrons. The van der Waals surface area contributed by atoms with Gasteiger partial charge in [-0.3, -0.25) is 18.6 Å². The Morgan fingerprint density at radius 1 is 0.477 bits per heavy atom. The third kappa shape index (κ3) is 51.0. The number of esters is 2. The van der Waals surface area contributed by atoms with Gasteiger partial charge in [-0.05, 0) is 83.5 Å². The number of likely N-dealkylation sites (N-methyl/N-ethyl adjacent to an activating group) is 1. The third-order valence-electron chi connectivity index (χ3n) is 11.3. The van der Waals surface area contributed by atoms with Gasteiger partial charge in [0.25, 0.3) is 0 Å². The molecule has 0 aliphatic heterocycles. The van der Waals surface area contributed by atoms with E-state index < -0.39 is 26.5 Å². The second-order valence-electron chi connectivity index (χ2n) is 18.9. The van der Waals surface area contributed by atoms with Crippen molar-refractivity contribution >= 4 is 19.8 Å². The minimum Gasteiger partial charge on any atom is -0.462 e. The summed E-state index contributed by atoms with van der Waals surface area (Å²) in [7, 11) is 1.46. The van der Waals surface area contributed by atoms with Crippen LogP contribution in [-0.4, -0.2) is 74.9 Å². The average molecular weight is 935 g/mol. The van der Waals surface area contributed by atoms with E-state index >= 15 is 0 Å². The van der Waals surface area contributed by atoms with Gasteiger partial charge >= 0.3 is 19.8 Å². The molecule has 0 aliphatic rings. The molecule has 2 atom stereocenters. The van der Waals surface area contributed by atoms with E-state index in [1.54, 1.807) is 0 Å². The molecule has 0 saturated carbocycles. The first-order valence-corrected chi connectivity index (χ1v) is 28.0. The monoisotopic (exact) mass is 935 g/mol. The number of phosphoric ester groups is 1. The van der Waals surface area contributed by atoms with Gasteiger partial charge < -0.3 is 18.9 Å². The number of carbonyl (C=O) groups excluding carboxylic acids is 2. The van der Waals surface area contributed by atoms with Crippen LogP contribution in [0.25, 0.3) is 0 Å². The summed E-state index contributed by atoms with van der Waals surface area (Å²) in [4.78, 5) is 35.6. The van der Waals surface area contributed by atoms with Gasteiger partial charge in [0, 0.05) is 12.8 Å². The molecule has 0 spiro atoms. The van der Waals surface area contributed by atoms with Crippen LogP contribution in [0.1, 0.15) is 226 Å². The van der Waals surface area contributed by atoms with Crippen molar-refractivity contribution in [3.63, 3.8) is 0 Å². The maximum Gasteiger partial charge on any atom is 0.472 e.